The summed E-state index contributed by atoms with van der Waals surface area (Å²) in [6.07, 6.45) is 0. The molecule has 0 saturated carbocycles. The number of hydrogen-bond donors (Lipinski definition) is 0. The van der Waals surface area contributed by atoms with Crippen molar-refractivity contribution < 1.29 is 0 Å². The predicted octanol–water partition coefficient (Wildman–Crippen LogP) is 13.3. The largest absolute Gasteiger partial charge is 0.309 e. The van der Waals surface area contributed by atoms with Crippen molar-refractivity contribution in [3.63, 3.8) is 0 Å². The molecule has 0 atom stereocenters. The minimum Gasteiger partial charge on any atom is -0.309 e. The quantitative estimate of drug-likeness (QED) is 0.175. The first-order chi connectivity index (χ1) is 26.6. The molecular weight excluding hydrogens is 655 g/mol. The second-order valence-corrected chi connectivity index (χ2v) is 15.4. The van der Waals surface area contributed by atoms with Crippen molar-refractivity contribution in [1.29, 1.82) is 0 Å². The Balaban J connectivity index is 1.06. The highest BCUT2D eigenvalue weighted by Crippen LogP contribution is 2.48. The topological polar surface area (TPSA) is 14.8 Å². The predicted molar refractivity (Wildman–Crippen MR) is 227 cm³/mol. The minimum atomic E-state index is -0.0860. The van der Waals surface area contributed by atoms with Gasteiger partial charge in [-0.15, -0.1) is 0 Å². The zero-order valence-corrected chi connectivity index (χ0v) is 30.1. The number of rotatable bonds is 3. The summed E-state index contributed by atoms with van der Waals surface area (Å²) < 4.78 is 7.33. The average molecular weight is 690 g/mol. The van der Waals surface area contributed by atoms with Gasteiger partial charge in [0.2, 0.25) is 0 Å². The van der Waals surface area contributed by atoms with Crippen molar-refractivity contribution in [1.82, 2.24) is 13.7 Å². The summed E-state index contributed by atoms with van der Waals surface area (Å²) in [7, 11) is 0. The van der Waals surface area contributed by atoms with Crippen molar-refractivity contribution in [2.24, 2.45) is 0 Å². The van der Waals surface area contributed by atoms with Gasteiger partial charge in [-0.2, -0.15) is 0 Å². The van der Waals surface area contributed by atoms with Crippen LogP contribution in [0.25, 0.3) is 93.6 Å². The number of fused-ring (bicyclic) bond motifs is 11. The minimum absolute atomic E-state index is 0.0860. The van der Waals surface area contributed by atoms with Crippen LogP contribution in [0.15, 0.2) is 176 Å². The normalized spacial score (nSPS) is 13.5. The molecule has 1 aliphatic heterocycles. The van der Waals surface area contributed by atoms with E-state index < -0.39 is 0 Å². The van der Waals surface area contributed by atoms with Crippen LogP contribution in [0.3, 0.4) is 0 Å². The molecule has 3 heteroatoms. The lowest BCUT2D eigenvalue weighted by molar-refractivity contribution is 0.630. The van der Waals surface area contributed by atoms with Gasteiger partial charge in [-0.3, -0.25) is 0 Å². The molecule has 254 valence electrons. The first-order valence-electron chi connectivity index (χ1n) is 18.9. The first kappa shape index (κ1) is 29.7. The maximum atomic E-state index is 2.50. The molecule has 0 unspecified atom stereocenters. The average Bonchev–Trinajstić information content (AvgIpc) is 3.86. The van der Waals surface area contributed by atoms with Crippen LogP contribution < -0.4 is 0 Å². The molecule has 0 N–H and O–H groups in total. The Hall–Kier alpha value is -6.84. The summed E-state index contributed by atoms with van der Waals surface area (Å²) in [5.74, 6) is 0. The number of hydrogen-bond acceptors (Lipinski definition) is 0. The van der Waals surface area contributed by atoms with Gasteiger partial charge in [0.15, 0.2) is 0 Å². The fraction of sp³-hybridized carbons (Fsp3) is 0.0588. The Morgan fingerprint density at radius 3 is 1.54 bits per heavy atom. The number of aromatic nitrogens is 3. The van der Waals surface area contributed by atoms with E-state index in [0.29, 0.717) is 0 Å². The van der Waals surface area contributed by atoms with Gasteiger partial charge in [0.1, 0.15) is 0 Å². The van der Waals surface area contributed by atoms with Gasteiger partial charge < -0.3 is 13.7 Å². The number of benzene rings is 8. The summed E-state index contributed by atoms with van der Waals surface area (Å²) in [5.41, 5.74) is 16.2. The smallest absolute Gasteiger partial charge is 0.0582 e. The standard InChI is InChI=1S/C51H35N3/c1-51(2)42-18-8-11-22-49(42)54-48-28-25-35(31-41(48)38-17-12-19-43(51)50(38)54)53-45-21-10-7-16-37(45)40-30-33(24-27-47(40)53)32-23-26-46-39(29-32)36-15-6-9-20-44(36)52(46)34-13-4-3-5-14-34/h3-31H,1-2H3. The second-order valence-electron chi connectivity index (χ2n) is 15.4. The highest BCUT2D eigenvalue weighted by molar-refractivity contribution is 6.15. The van der Waals surface area contributed by atoms with Crippen LogP contribution in [-0.2, 0) is 5.41 Å². The van der Waals surface area contributed by atoms with Crippen molar-refractivity contribution >= 4 is 65.4 Å². The van der Waals surface area contributed by atoms with E-state index in [9.17, 15) is 0 Å². The molecule has 0 spiro atoms. The lowest BCUT2D eigenvalue weighted by Gasteiger charge is -2.34. The van der Waals surface area contributed by atoms with E-state index in [-0.39, 0.29) is 5.41 Å². The summed E-state index contributed by atoms with van der Waals surface area (Å²) in [4.78, 5) is 0. The zero-order valence-electron chi connectivity index (χ0n) is 30.1. The molecule has 0 amide bonds. The number of nitrogens with zero attached hydrogens (tertiary/aromatic N) is 3. The fourth-order valence-corrected chi connectivity index (χ4v) is 9.73. The Kier molecular flexibility index (Phi) is 5.84. The third kappa shape index (κ3) is 3.85. The molecule has 12 rings (SSSR count). The molecule has 1 aliphatic rings. The van der Waals surface area contributed by atoms with Crippen LogP contribution in [0.2, 0.25) is 0 Å². The SMILES string of the molecule is CC1(C)c2ccccc2-n2c3ccc(-n4c5ccccc5c5cc(-c6ccc7c(c6)c6ccccc6n7-c6ccccc6)ccc54)cc3c3cccc1c32. The van der Waals surface area contributed by atoms with Crippen LogP contribution >= 0.6 is 0 Å². The van der Waals surface area contributed by atoms with Crippen LogP contribution in [0.4, 0.5) is 0 Å². The van der Waals surface area contributed by atoms with E-state index >= 15 is 0 Å². The molecular formula is C51H35N3. The summed E-state index contributed by atoms with van der Waals surface area (Å²) in [5, 5.41) is 7.63. The van der Waals surface area contributed by atoms with Crippen molar-refractivity contribution in [2.75, 3.05) is 0 Å². The van der Waals surface area contributed by atoms with Crippen LogP contribution in [-0.4, -0.2) is 13.7 Å². The van der Waals surface area contributed by atoms with E-state index in [1.807, 2.05) is 0 Å². The van der Waals surface area contributed by atoms with E-state index in [4.69, 9.17) is 0 Å². The zero-order chi connectivity index (χ0) is 35.7. The van der Waals surface area contributed by atoms with Gasteiger partial charge >= 0.3 is 0 Å². The highest BCUT2D eigenvalue weighted by Gasteiger charge is 2.34. The Morgan fingerprint density at radius 2 is 0.833 bits per heavy atom. The maximum absolute atomic E-state index is 2.50. The van der Waals surface area contributed by atoms with Gasteiger partial charge in [-0.1, -0.05) is 117 Å². The lowest BCUT2D eigenvalue weighted by Crippen LogP contribution is -2.26. The van der Waals surface area contributed by atoms with Gasteiger partial charge in [-0.25, -0.2) is 0 Å². The molecule has 3 aromatic heterocycles. The molecule has 0 bridgehead atoms. The molecule has 0 saturated heterocycles. The molecule has 11 aromatic rings. The van der Waals surface area contributed by atoms with E-state index in [1.54, 1.807) is 0 Å². The molecule has 0 fully saturated rings. The Morgan fingerprint density at radius 1 is 0.333 bits per heavy atom. The lowest BCUT2D eigenvalue weighted by atomic mass is 9.75. The van der Waals surface area contributed by atoms with Gasteiger partial charge in [0.05, 0.1) is 38.8 Å². The molecule has 0 radical (unpaired) electrons. The molecule has 4 heterocycles. The Labute approximate surface area is 312 Å². The Bertz CT molecular complexity index is 3350. The molecule has 3 nitrogen and oxygen atoms in total. The molecule has 0 aliphatic carbocycles. The van der Waals surface area contributed by atoms with Gasteiger partial charge in [0, 0.05) is 49.1 Å². The van der Waals surface area contributed by atoms with Crippen LogP contribution in [0.1, 0.15) is 25.0 Å². The summed E-state index contributed by atoms with van der Waals surface area (Å²) >= 11 is 0. The second kappa shape index (κ2) is 10.6. The highest BCUT2D eigenvalue weighted by atomic mass is 15.0. The first-order valence-corrected chi connectivity index (χ1v) is 18.9. The van der Waals surface area contributed by atoms with Gasteiger partial charge in [-0.05, 0) is 95.1 Å². The monoisotopic (exact) mass is 689 g/mol. The van der Waals surface area contributed by atoms with E-state index in [2.05, 4.69) is 203 Å². The van der Waals surface area contributed by atoms with Gasteiger partial charge in [0.25, 0.3) is 0 Å². The maximum Gasteiger partial charge on any atom is 0.0582 e. The van der Waals surface area contributed by atoms with E-state index in [1.165, 1.54) is 105 Å². The van der Waals surface area contributed by atoms with Crippen molar-refractivity contribution in [2.45, 2.75) is 19.3 Å². The summed E-state index contributed by atoms with van der Waals surface area (Å²) in [6.45, 7) is 4.72. The molecule has 54 heavy (non-hydrogen) atoms. The number of para-hydroxylation sites is 5. The third-order valence-corrected chi connectivity index (χ3v) is 12.2. The van der Waals surface area contributed by atoms with Crippen molar-refractivity contribution in [3.8, 4) is 28.2 Å². The third-order valence-electron chi connectivity index (χ3n) is 12.2. The summed E-state index contributed by atoms with van der Waals surface area (Å²) in [6, 6.07) is 65.1. The fourth-order valence-electron chi connectivity index (χ4n) is 9.73. The van der Waals surface area contributed by atoms with Crippen LogP contribution in [0, 0.1) is 0 Å². The molecule has 8 aromatic carbocycles. The van der Waals surface area contributed by atoms with Crippen molar-refractivity contribution in [3.05, 3.63) is 187 Å². The van der Waals surface area contributed by atoms with E-state index in [0.717, 1.165) is 0 Å². The van der Waals surface area contributed by atoms with Crippen LogP contribution in [0.5, 0.6) is 0 Å².